The van der Waals surface area contributed by atoms with Crippen LogP contribution in [0.5, 0.6) is 5.75 Å². The van der Waals surface area contributed by atoms with E-state index in [9.17, 15) is 4.79 Å². The predicted octanol–water partition coefficient (Wildman–Crippen LogP) is 2.83. The van der Waals surface area contributed by atoms with Crippen molar-refractivity contribution in [2.75, 3.05) is 19.6 Å². The number of ether oxygens (including phenoxy) is 1. The molecule has 1 amide bonds. The number of carbonyl (C=O) groups excluding carboxylic acids is 1. The predicted molar refractivity (Wildman–Crippen MR) is 112 cm³/mol. The van der Waals surface area contributed by atoms with Crippen LogP contribution >= 0.6 is 0 Å². The highest BCUT2D eigenvalue weighted by atomic mass is 16.5. The van der Waals surface area contributed by atoms with Gasteiger partial charge < -0.3 is 15.0 Å². The van der Waals surface area contributed by atoms with E-state index in [-0.39, 0.29) is 11.8 Å². The number of quaternary nitrogens is 1. The summed E-state index contributed by atoms with van der Waals surface area (Å²) in [4.78, 5) is 13.8. The van der Waals surface area contributed by atoms with Crippen LogP contribution in [0.4, 0.5) is 0 Å². The van der Waals surface area contributed by atoms with Crippen molar-refractivity contribution in [3.63, 3.8) is 0 Å². The third kappa shape index (κ3) is 6.38. The van der Waals surface area contributed by atoms with Crippen molar-refractivity contribution in [1.82, 2.24) is 5.32 Å². The number of hydrogen-bond acceptors (Lipinski definition) is 2. The Labute approximate surface area is 168 Å². The fraction of sp³-hybridized carbons (Fsp3) is 0.458. The SMILES string of the molecule is CC(C)CNC(=O)C1CC[NH+](Cc2ccc(OCc3ccccc3)cc2)CC1. The highest BCUT2D eigenvalue weighted by Gasteiger charge is 2.27. The molecule has 0 bridgehead atoms. The van der Waals surface area contributed by atoms with E-state index in [0.717, 1.165) is 44.8 Å². The van der Waals surface area contributed by atoms with E-state index in [1.807, 2.05) is 18.2 Å². The van der Waals surface area contributed by atoms with Gasteiger partial charge in [0.25, 0.3) is 0 Å². The van der Waals surface area contributed by atoms with Gasteiger partial charge in [-0.25, -0.2) is 0 Å². The lowest BCUT2D eigenvalue weighted by Crippen LogP contribution is -3.11. The molecule has 0 saturated carbocycles. The topological polar surface area (TPSA) is 42.8 Å². The van der Waals surface area contributed by atoms with E-state index in [1.54, 1.807) is 4.90 Å². The number of carbonyl (C=O) groups is 1. The molecular weight excluding hydrogens is 348 g/mol. The Morgan fingerprint density at radius 3 is 2.36 bits per heavy atom. The number of piperidine rings is 1. The molecule has 0 unspecified atom stereocenters. The number of hydrogen-bond donors (Lipinski definition) is 2. The first kappa shape index (κ1) is 20.4. The number of amides is 1. The molecule has 0 radical (unpaired) electrons. The molecule has 1 aliphatic rings. The lowest BCUT2D eigenvalue weighted by Gasteiger charge is -2.29. The Hall–Kier alpha value is -2.33. The molecule has 2 aromatic rings. The van der Waals surface area contributed by atoms with Crippen LogP contribution in [0.25, 0.3) is 0 Å². The molecule has 1 aliphatic heterocycles. The van der Waals surface area contributed by atoms with Gasteiger partial charge in [-0.05, 0) is 35.7 Å². The summed E-state index contributed by atoms with van der Waals surface area (Å²) < 4.78 is 5.87. The maximum Gasteiger partial charge on any atom is 0.223 e. The van der Waals surface area contributed by atoms with Gasteiger partial charge in [0, 0.05) is 30.9 Å². The van der Waals surface area contributed by atoms with Crippen molar-refractivity contribution in [2.45, 2.75) is 39.8 Å². The first-order valence-corrected chi connectivity index (χ1v) is 10.5. The number of nitrogens with one attached hydrogen (secondary N) is 2. The zero-order valence-corrected chi connectivity index (χ0v) is 17.1. The monoisotopic (exact) mass is 381 g/mol. The molecule has 2 N–H and O–H groups in total. The van der Waals surface area contributed by atoms with Gasteiger partial charge >= 0.3 is 0 Å². The molecule has 2 aromatic carbocycles. The molecule has 1 saturated heterocycles. The largest absolute Gasteiger partial charge is 0.489 e. The maximum absolute atomic E-state index is 12.2. The van der Waals surface area contributed by atoms with Crippen LogP contribution in [-0.4, -0.2) is 25.5 Å². The van der Waals surface area contributed by atoms with E-state index >= 15 is 0 Å². The third-order valence-corrected chi connectivity index (χ3v) is 5.37. The van der Waals surface area contributed by atoms with Crippen LogP contribution in [0.3, 0.4) is 0 Å². The van der Waals surface area contributed by atoms with E-state index in [2.05, 4.69) is 55.6 Å². The van der Waals surface area contributed by atoms with Crippen molar-refractivity contribution in [1.29, 1.82) is 0 Å². The molecular formula is C24H33N2O2+. The lowest BCUT2D eigenvalue weighted by molar-refractivity contribution is -0.919. The summed E-state index contributed by atoms with van der Waals surface area (Å²) in [5, 5.41) is 3.08. The Morgan fingerprint density at radius 2 is 1.71 bits per heavy atom. The van der Waals surface area contributed by atoms with Crippen LogP contribution in [0.15, 0.2) is 54.6 Å². The summed E-state index contributed by atoms with van der Waals surface area (Å²) in [5.41, 5.74) is 2.50. The van der Waals surface area contributed by atoms with Crippen molar-refractivity contribution >= 4 is 5.91 Å². The van der Waals surface area contributed by atoms with E-state index in [1.165, 1.54) is 11.1 Å². The zero-order chi connectivity index (χ0) is 19.8. The molecule has 1 heterocycles. The van der Waals surface area contributed by atoms with Gasteiger partial charge in [-0.3, -0.25) is 4.79 Å². The van der Waals surface area contributed by atoms with Crippen LogP contribution in [0.1, 0.15) is 37.8 Å². The number of likely N-dealkylation sites (tertiary alicyclic amines) is 1. The summed E-state index contributed by atoms with van der Waals surface area (Å²) in [6.45, 7) is 8.77. The summed E-state index contributed by atoms with van der Waals surface area (Å²) in [5.74, 6) is 1.85. The lowest BCUT2D eigenvalue weighted by atomic mass is 9.95. The van der Waals surface area contributed by atoms with Gasteiger partial charge in [-0.1, -0.05) is 44.2 Å². The van der Waals surface area contributed by atoms with E-state index in [0.29, 0.717) is 12.5 Å². The van der Waals surface area contributed by atoms with Gasteiger partial charge in [0.15, 0.2) is 0 Å². The van der Waals surface area contributed by atoms with Crippen molar-refractivity contribution in [3.05, 3.63) is 65.7 Å². The van der Waals surface area contributed by atoms with Gasteiger partial charge in [0.05, 0.1) is 13.1 Å². The second-order valence-corrected chi connectivity index (χ2v) is 8.26. The Balaban J connectivity index is 1.41. The van der Waals surface area contributed by atoms with E-state index < -0.39 is 0 Å². The third-order valence-electron chi connectivity index (χ3n) is 5.37. The van der Waals surface area contributed by atoms with Crippen molar-refractivity contribution in [2.24, 2.45) is 11.8 Å². The first-order valence-electron chi connectivity index (χ1n) is 10.5. The van der Waals surface area contributed by atoms with Crippen molar-refractivity contribution < 1.29 is 14.4 Å². The molecule has 4 nitrogen and oxygen atoms in total. The molecule has 28 heavy (non-hydrogen) atoms. The molecule has 0 aliphatic carbocycles. The van der Waals surface area contributed by atoms with Crippen LogP contribution < -0.4 is 15.0 Å². The highest BCUT2D eigenvalue weighted by molar-refractivity contribution is 5.78. The quantitative estimate of drug-likeness (QED) is 0.738. The molecule has 4 heteroatoms. The average molecular weight is 382 g/mol. The number of rotatable bonds is 8. The van der Waals surface area contributed by atoms with Gasteiger partial charge in [-0.2, -0.15) is 0 Å². The molecule has 0 aromatic heterocycles. The fourth-order valence-corrected chi connectivity index (χ4v) is 3.65. The smallest absolute Gasteiger partial charge is 0.223 e. The van der Waals surface area contributed by atoms with Crippen LogP contribution in [0.2, 0.25) is 0 Å². The average Bonchev–Trinajstić information content (AvgIpc) is 2.73. The van der Waals surface area contributed by atoms with Crippen LogP contribution in [0, 0.1) is 11.8 Å². The summed E-state index contributed by atoms with van der Waals surface area (Å²) in [7, 11) is 0. The second kappa shape index (κ2) is 10.3. The van der Waals surface area contributed by atoms with Crippen LogP contribution in [-0.2, 0) is 17.9 Å². The Kier molecular flexibility index (Phi) is 7.49. The first-order chi connectivity index (χ1) is 13.6. The summed E-state index contributed by atoms with van der Waals surface area (Å²) in [6, 6.07) is 18.7. The molecule has 3 rings (SSSR count). The minimum absolute atomic E-state index is 0.191. The van der Waals surface area contributed by atoms with Gasteiger partial charge in [0.1, 0.15) is 18.9 Å². The maximum atomic E-state index is 12.2. The summed E-state index contributed by atoms with van der Waals surface area (Å²) in [6.07, 6.45) is 1.97. The van der Waals surface area contributed by atoms with Gasteiger partial charge in [0.2, 0.25) is 5.91 Å². The minimum Gasteiger partial charge on any atom is -0.489 e. The van der Waals surface area contributed by atoms with Crippen molar-refractivity contribution in [3.8, 4) is 5.75 Å². The molecule has 0 atom stereocenters. The summed E-state index contributed by atoms with van der Waals surface area (Å²) >= 11 is 0. The fourth-order valence-electron chi connectivity index (χ4n) is 3.65. The normalized spacial score (nSPS) is 19.4. The number of benzene rings is 2. The van der Waals surface area contributed by atoms with E-state index in [4.69, 9.17) is 4.74 Å². The standard InChI is InChI=1S/C24H32N2O2/c1-19(2)16-25-24(27)22-12-14-26(15-13-22)17-20-8-10-23(11-9-20)28-18-21-6-4-3-5-7-21/h3-11,19,22H,12-18H2,1-2H3,(H,25,27)/p+1. The Morgan fingerprint density at radius 1 is 1.04 bits per heavy atom. The molecule has 1 fully saturated rings. The molecule has 0 spiro atoms. The molecule has 150 valence electrons. The minimum atomic E-state index is 0.191. The highest BCUT2D eigenvalue weighted by Crippen LogP contribution is 2.15. The zero-order valence-electron chi connectivity index (χ0n) is 17.1. The Bertz CT molecular complexity index is 720. The van der Waals surface area contributed by atoms with Gasteiger partial charge in [-0.15, -0.1) is 0 Å². The second-order valence-electron chi connectivity index (χ2n) is 8.26.